The van der Waals surface area contributed by atoms with E-state index in [1.54, 1.807) is 13.0 Å². The van der Waals surface area contributed by atoms with Crippen molar-refractivity contribution >= 4 is 8.41 Å². The van der Waals surface area contributed by atoms with Crippen LogP contribution in [0, 0.1) is 5.82 Å². The molecule has 2 aliphatic carbocycles. The molecule has 9 nitrogen and oxygen atoms in total. The van der Waals surface area contributed by atoms with Crippen LogP contribution in [0.15, 0.2) is 36.8 Å². The van der Waals surface area contributed by atoms with Gasteiger partial charge in [0.1, 0.15) is 30.1 Å². The average molecular weight is 608 g/mol. The van der Waals surface area contributed by atoms with Gasteiger partial charge >= 0.3 is 35.7 Å². The first kappa shape index (κ1) is 32.8. The van der Waals surface area contributed by atoms with Gasteiger partial charge < -0.3 is 19.1 Å². The van der Waals surface area contributed by atoms with Crippen LogP contribution in [0.2, 0.25) is 0 Å². The van der Waals surface area contributed by atoms with Gasteiger partial charge in [-0.25, -0.2) is 24.3 Å². The Labute approximate surface area is 269 Å². The zero-order valence-corrected chi connectivity index (χ0v) is 25.2. The number of hydrogen-bond acceptors (Lipinski definition) is 8. The van der Waals surface area contributed by atoms with Crippen LogP contribution < -0.4 is 39.0 Å². The summed E-state index contributed by atoms with van der Waals surface area (Å²) in [4.78, 5) is 21.3. The van der Waals surface area contributed by atoms with Crippen molar-refractivity contribution in [2.24, 2.45) is 0 Å². The maximum Gasteiger partial charge on any atom is 1.00 e. The average Bonchev–Trinajstić information content (AvgIpc) is 3.89. The van der Waals surface area contributed by atoms with Crippen molar-refractivity contribution < 1.29 is 61.7 Å². The number of hydrogen-bond donors (Lipinski definition) is 1. The molecule has 15 heteroatoms. The zero-order chi connectivity index (χ0) is 28.9. The SMILES string of the molecule is COc1ncnc(C2CC2)c1-c1nc(OCc2ccc(-c3nc(C(F)(F)F)cn3C3CC3)c(F)c2)cc(C(C)O)n1.[BH4-].[Na+]. The summed E-state index contributed by atoms with van der Waals surface area (Å²) in [7, 11) is 1.48. The number of benzene rings is 1. The van der Waals surface area contributed by atoms with E-state index < -0.39 is 23.8 Å². The van der Waals surface area contributed by atoms with Gasteiger partial charge in [-0.1, -0.05) is 14.5 Å². The van der Waals surface area contributed by atoms with Crippen molar-refractivity contribution in [2.75, 3.05) is 7.11 Å². The molecule has 0 amide bonds. The molecule has 2 aliphatic rings. The molecule has 1 unspecified atom stereocenters. The quantitative estimate of drug-likeness (QED) is 0.224. The third-order valence-corrected chi connectivity index (χ3v) is 7.00. The summed E-state index contributed by atoms with van der Waals surface area (Å²) in [5, 5.41) is 10.3. The Morgan fingerprint density at radius 3 is 2.42 bits per heavy atom. The first-order chi connectivity index (χ1) is 19.6. The molecule has 0 spiro atoms. The van der Waals surface area contributed by atoms with Crippen LogP contribution >= 0.6 is 0 Å². The molecular formula is C28H30BF4N6NaO3. The van der Waals surface area contributed by atoms with Gasteiger partial charge in [0.15, 0.2) is 11.5 Å². The van der Waals surface area contributed by atoms with E-state index in [0.29, 0.717) is 35.5 Å². The number of aliphatic hydroxyl groups excluding tert-OH is 1. The Morgan fingerprint density at radius 2 is 1.81 bits per heavy atom. The Morgan fingerprint density at radius 1 is 1.07 bits per heavy atom. The van der Waals surface area contributed by atoms with Crippen LogP contribution in [0.3, 0.4) is 0 Å². The summed E-state index contributed by atoms with van der Waals surface area (Å²) in [6.45, 7) is 1.45. The van der Waals surface area contributed by atoms with Crippen molar-refractivity contribution in [3.63, 3.8) is 0 Å². The number of alkyl halides is 3. The van der Waals surface area contributed by atoms with Crippen molar-refractivity contribution in [3.05, 3.63) is 65.3 Å². The van der Waals surface area contributed by atoms with Crippen LogP contribution in [0.25, 0.3) is 22.8 Å². The van der Waals surface area contributed by atoms with E-state index in [2.05, 4.69) is 24.9 Å². The van der Waals surface area contributed by atoms with Crippen molar-refractivity contribution in [1.82, 2.24) is 29.5 Å². The van der Waals surface area contributed by atoms with E-state index in [-0.39, 0.29) is 79.6 Å². The summed E-state index contributed by atoms with van der Waals surface area (Å²) in [5.41, 5.74) is 0.910. The Kier molecular flexibility index (Phi) is 9.84. The minimum absolute atomic E-state index is 0. The number of aliphatic hydroxyl groups is 1. The predicted octanol–water partition coefficient (Wildman–Crippen LogP) is 1.36. The first-order valence-electron chi connectivity index (χ1n) is 13.2. The van der Waals surface area contributed by atoms with Crippen LogP contribution in [0.1, 0.15) is 73.3 Å². The second-order valence-corrected chi connectivity index (χ2v) is 10.2. The Hall–Kier alpha value is -3.07. The Balaban J connectivity index is 0.00000212. The summed E-state index contributed by atoms with van der Waals surface area (Å²) < 4.78 is 67.9. The molecule has 43 heavy (non-hydrogen) atoms. The normalized spacial score (nSPS) is 15.3. The molecular weight excluding hydrogens is 578 g/mol. The van der Waals surface area contributed by atoms with Gasteiger partial charge in [0, 0.05) is 24.2 Å². The topological polar surface area (TPSA) is 108 Å². The summed E-state index contributed by atoms with van der Waals surface area (Å²) >= 11 is 0. The second-order valence-electron chi connectivity index (χ2n) is 10.2. The smallest absolute Gasteiger partial charge is 0.480 e. The summed E-state index contributed by atoms with van der Waals surface area (Å²) in [6.07, 6.45) is 0.157. The monoisotopic (exact) mass is 608 g/mol. The van der Waals surface area contributed by atoms with E-state index in [9.17, 15) is 18.3 Å². The summed E-state index contributed by atoms with van der Waals surface area (Å²) in [5.74, 6) is 0.104. The summed E-state index contributed by atoms with van der Waals surface area (Å²) in [6, 6.07) is 5.52. The predicted molar refractivity (Wildman–Crippen MR) is 149 cm³/mol. The third kappa shape index (κ3) is 7.03. The maximum atomic E-state index is 15.2. The van der Waals surface area contributed by atoms with Gasteiger partial charge in [-0.05, 0) is 50.3 Å². The fraction of sp³-hybridized carbons (Fsp3) is 0.393. The zero-order valence-electron chi connectivity index (χ0n) is 23.2. The van der Waals surface area contributed by atoms with Gasteiger partial charge in [0.25, 0.3) is 0 Å². The number of ether oxygens (including phenoxy) is 2. The van der Waals surface area contributed by atoms with Gasteiger partial charge in [-0.3, -0.25) is 0 Å². The van der Waals surface area contributed by atoms with Crippen LogP contribution in [-0.4, -0.2) is 50.1 Å². The molecule has 2 saturated carbocycles. The van der Waals surface area contributed by atoms with E-state index >= 15 is 4.39 Å². The second kappa shape index (κ2) is 12.9. The minimum atomic E-state index is -4.63. The third-order valence-electron chi connectivity index (χ3n) is 7.00. The fourth-order valence-electron chi connectivity index (χ4n) is 4.60. The van der Waals surface area contributed by atoms with Crippen LogP contribution in [-0.2, 0) is 12.8 Å². The number of imidazole rings is 1. The molecule has 0 radical (unpaired) electrons. The minimum Gasteiger partial charge on any atom is -0.480 e. The molecule has 1 atom stereocenters. The Bertz CT molecular complexity index is 1610. The van der Waals surface area contributed by atoms with E-state index in [1.165, 1.54) is 36.2 Å². The first-order valence-corrected chi connectivity index (χ1v) is 13.2. The van der Waals surface area contributed by atoms with E-state index in [0.717, 1.165) is 24.7 Å². The number of halogens is 4. The molecule has 0 aliphatic heterocycles. The van der Waals surface area contributed by atoms with E-state index in [4.69, 9.17) is 9.47 Å². The maximum absolute atomic E-state index is 15.2. The molecule has 3 aromatic heterocycles. The van der Waals surface area contributed by atoms with Crippen molar-refractivity contribution in [1.29, 1.82) is 0 Å². The molecule has 2 fully saturated rings. The van der Waals surface area contributed by atoms with Crippen LogP contribution in [0.5, 0.6) is 11.8 Å². The molecule has 1 aromatic carbocycles. The molecule has 1 N–H and O–H groups in total. The molecule has 0 bridgehead atoms. The van der Waals surface area contributed by atoms with Crippen molar-refractivity contribution in [2.45, 2.75) is 63.5 Å². The number of nitrogens with zero attached hydrogens (tertiary/aromatic N) is 6. The standard InChI is InChI=1S/C28H26F4N6O3.BH4.Na/c1-14(39)20-10-22(37-25(35-20)23-24(16-4-5-16)33-13-34-27(23)40-2)41-12-15-3-8-18(19(29)9-15)26-36-21(28(30,31)32)11-38(26)17-6-7-17;;/h3,8-11,13-14,16-17,39H,4-7,12H2,1-2H3;1H4;/q;-1;+1. The van der Waals surface area contributed by atoms with Crippen molar-refractivity contribution in [3.8, 4) is 34.5 Å². The van der Waals surface area contributed by atoms with E-state index in [1.807, 2.05) is 0 Å². The molecule has 4 aromatic rings. The number of aromatic nitrogens is 6. The molecule has 3 heterocycles. The number of methoxy groups -OCH3 is 1. The van der Waals surface area contributed by atoms with Gasteiger partial charge in [0.05, 0.1) is 30.2 Å². The van der Waals surface area contributed by atoms with Gasteiger partial charge in [-0.2, -0.15) is 18.2 Å². The fourth-order valence-corrected chi connectivity index (χ4v) is 4.60. The number of rotatable bonds is 9. The molecule has 6 rings (SSSR count). The van der Waals surface area contributed by atoms with Crippen LogP contribution in [0.4, 0.5) is 17.6 Å². The largest absolute Gasteiger partial charge is 1.00 e. The van der Waals surface area contributed by atoms with Gasteiger partial charge in [-0.15, -0.1) is 0 Å². The molecule has 0 saturated heterocycles. The van der Waals surface area contributed by atoms with Gasteiger partial charge in [0.2, 0.25) is 11.8 Å². The molecule has 222 valence electrons.